The maximum Gasteiger partial charge on any atom is 0.310 e. The molecule has 0 aromatic heterocycles. The highest BCUT2D eigenvalue weighted by atomic mass is 16.5. The number of piperidine rings is 1. The van der Waals surface area contributed by atoms with Gasteiger partial charge in [0.1, 0.15) is 5.92 Å². The molecular formula is C25H32N3O8-. The molecule has 11 heteroatoms. The van der Waals surface area contributed by atoms with E-state index >= 15 is 0 Å². The zero-order valence-corrected chi connectivity index (χ0v) is 20.0. The van der Waals surface area contributed by atoms with E-state index in [1.54, 1.807) is 28.0 Å². The Hall–Kier alpha value is -2.76. The summed E-state index contributed by atoms with van der Waals surface area (Å²) in [6.07, 6.45) is 8.56. The second-order valence-corrected chi connectivity index (χ2v) is 10.1. The number of carbonyl (C=O) groups excluding carboxylic acids is 3. The van der Waals surface area contributed by atoms with Crippen LogP contribution in [0, 0.1) is 23.7 Å². The van der Waals surface area contributed by atoms with E-state index in [2.05, 4.69) is 5.32 Å². The molecule has 4 bridgehead atoms. The monoisotopic (exact) mass is 502 g/mol. The highest BCUT2D eigenvalue weighted by Crippen LogP contribution is 2.41. The van der Waals surface area contributed by atoms with Gasteiger partial charge in [0.05, 0.1) is 36.3 Å². The fourth-order valence-corrected chi connectivity index (χ4v) is 6.20. The molecule has 0 aromatic rings. The molecule has 196 valence electrons. The molecule has 4 fully saturated rings. The molecule has 6 aliphatic rings. The number of likely N-dealkylation sites (tertiary alicyclic amines) is 1. The number of hydrogen-bond donors (Lipinski definition) is 2. The number of rotatable bonds is 4. The largest absolute Gasteiger partial charge is 0.550 e. The van der Waals surface area contributed by atoms with E-state index in [4.69, 9.17) is 9.47 Å². The fraction of sp³-hybridized carbons (Fsp3) is 0.680. The number of carboxylic acids is 2. The number of amides is 2. The van der Waals surface area contributed by atoms with Crippen molar-refractivity contribution in [2.45, 2.75) is 43.7 Å². The van der Waals surface area contributed by atoms with Crippen LogP contribution < -0.4 is 10.4 Å². The highest BCUT2D eigenvalue weighted by molar-refractivity contribution is 5.88. The summed E-state index contributed by atoms with van der Waals surface area (Å²) in [5, 5.41) is 23.6. The quantitative estimate of drug-likeness (QED) is 0.433. The minimum atomic E-state index is -1.18. The van der Waals surface area contributed by atoms with Crippen molar-refractivity contribution in [1.29, 1.82) is 0 Å². The van der Waals surface area contributed by atoms with E-state index in [1.807, 2.05) is 6.08 Å². The van der Waals surface area contributed by atoms with E-state index in [1.165, 1.54) is 0 Å². The van der Waals surface area contributed by atoms with Crippen LogP contribution in [-0.4, -0.2) is 102 Å². The lowest BCUT2D eigenvalue weighted by Crippen LogP contribution is -2.51. The van der Waals surface area contributed by atoms with Crippen molar-refractivity contribution in [3.8, 4) is 0 Å². The molecule has 0 aromatic carbocycles. The Morgan fingerprint density at radius 1 is 0.694 bits per heavy atom. The van der Waals surface area contributed by atoms with Gasteiger partial charge in [-0.05, 0) is 19.3 Å². The molecule has 0 spiro atoms. The predicted octanol–water partition coefficient (Wildman–Crippen LogP) is -1.61. The molecule has 2 amide bonds. The van der Waals surface area contributed by atoms with E-state index in [9.17, 15) is 29.4 Å². The standard InChI is InChI=1S/C13H17NO4.C12H16N2O4/c15-12(14-6-2-1-3-7-14)10-8-4-5-9(18-8)11(10)13(16)17;15-11(14-5-3-13-4-6-14)9-7-1-2-8(18-7)10(9)12(16)17/h4-5,8-11H,1-3,6-7H2,(H,16,17);1-2,7-10,13H,3-6H2,(H,16,17)/p-1/t8-,9+,10?,11?;7-,8+,9?,10?/m00/s1. The average Bonchev–Trinajstić information content (AvgIpc) is 3.70. The van der Waals surface area contributed by atoms with Gasteiger partial charge >= 0.3 is 5.97 Å². The Morgan fingerprint density at radius 3 is 1.64 bits per heavy atom. The summed E-state index contributed by atoms with van der Waals surface area (Å²) in [6, 6.07) is 0. The summed E-state index contributed by atoms with van der Waals surface area (Å²) in [5.41, 5.74) is 0. The number of fused-ring (bicyclic) bond motifs is 4. The number of carboxylic acid groups (broad SMARTS) is 2. The van der Waals surface area contributed by atoms with E-state index in [-0.39, 0.29) is 24.0 Å². The van der Waals surface area contributed by atoms with Crippen molar-refractivity contribution in [3.63, 3.8) is 0 Å². The average molecular weight is 503 g/mol. The van der Waals surface area contributed by atoms with Crippen LogP contribution in [0.5, 0.6) is 0 Å². The van der Waals surface area contributed by atoms with Gasteiger partial charge in [-0.3, -0.25) is 14.4 Å². The van der Waals surface area contributed by atoms with Gasteiger partial charge in [0.15, 0.2) is 0 Å². The van der Waals surface area contributed by atoms with Crippen molar-refractivity contribution in [3.05, 3.63) is 24.3 Å². The lowest BCUT2D eigenvalue weighted by molar-refractivity contribution is -0.313. The first-order valence-electron chi connectivity index (χ1n) is 12.8. The first-order chi connectivity index (χ1) is 17.4. The number of piperazine rings is 1. The molecule has 8 atom stereocenters. The molecule has 11 nitrogen and oxygen atoms in total. The normalized spacial score (nSPS) is 38.1. The van der Waals surface area contributed by atoms with Crippen LogP contribution in [0.4, 0.5) is 0 Å². The van der Waals surface area contributed by atoms with E-state index < -0.39 is 47.8 Å². The summed E-state index contributed by atoms with van der Waals surface area (Å²) in [5.74, 6) is -5.00. The van der Waals surface area contributed by atoms with Crippen LogP contribution in [0.1, 0.15) is 19.3 Å². The summed E-state index contributed by atoms with van der Waals surface area (Å²) < 4.78 is 11.0. The molecular weight excluding hydrogens is 470 g/mol. The third-order valence-electron chi connectivity index (χ3n) is 8.02. The molecule has 6 aliphatic heterocycles. The van der Waals surface area contributed by atoms with Crippen LogP contribution in [-0.2, 0) is 28.7 Å². The predicted molar refractivity (Wildman–Crippen MR) is 122 cm³/mol. The molecule has 4 saturated heterocycles. The highest BCUT2D eigenvalue weighted by Gasteiger charge is 2.54. The van der Waals surface area contributed by atoms with Gasteiger partial charge in [-0.1, -0.05) is 24.3 Å². The molecule has 0 aliphatic carbocycles. The zero-order valence-electron chi connectivity index (χ0n) is 20.0. The van der Waals surface area contributed by atoms with Crippen molar-refractivity contribution in [1.82, 2.24) is 15.1 Å². The zero-order chi connectivity index (χ0) is 25.4. The van der Waals surface area contributed by atoms with Gasteiger partial charge in [0, 0.05) is 51.2 Å². The van der Waals surface area contributed by atoms with Crippen molar-refractivity contribution < 1.29 is 38.9 Å². The number of nitrogens with one attached hydrogen (secondary N) is 1. The van der Waals surface area contributed by atoms with Crippen molar-refractivity contribution >= 4 is 23.8 Å². The van der Waals surface area contributed by atoms with Crippen LogP contribution in [0.2, 0.25) is 0 Å². The Labute approximate surface area is 209 Å². The van der Waals surface area contributed by atoms with Gasteiger partial charge < -0.3 is 39.6 Å². The summed E-state index contributed by atoms with van der Waals surface area (Å²) in [4.78, 5) is 50.9. The smallest absolute Gasteiger partial charge is 0.310 e. The number of aliphatic carboxylic acids is 2. The van der Waals surface area contributed by atoms with Gasteiger partial charge in [0.2, 0.25) is 11.8 Å². The third-order valence-corrected chi connectivity index (χ3v) is 8.02. The van der Waals surface area contributed by atoms with Crippen molar-refractivity contribution in [2.24, 2.45) is 23.7 Å². The fourth-order valence-electron chi connectivity index (χ4n) is 6.20. The molecule has 4 unspecified atom stereocenters. The second kappa shape index (κ2) is 10.3. The molecule has 2 N–H and O–H groups in total. The van der Waals surface area contributed by atoms with E-state index in [0.29, 0.717) is 13.1 Å². The molecule has 36 heavy (non-hydrogen) atoms. The molecule has 6 heterocycles. The lowest BCUT2D eigenvalue weighted by atomic mass is 9.82. The summed E-state index contributed by atoms with van der Waals surface area (Å²) in [6.45, 7) is 4.28. The number of hydrogen-bond acceptors (Lipinski definition) is 8. The Bertz CT molecular complexity index is 879. The number of ether oxygens (including phenoxy) is 2. The Balaban J connectivity index is 0.000000148. The van der Waals surface area contributed by atoms with E-state index in [0.717, 1.165) is 45.4 Å². The van der Waals surface area contributed by atoms with Crippen molar-refractivity contribution in [2.75, 3.05) is 39.3 Å². The first kappa shape index (κ1) is 24.9. The summed E-state index contributed by atoms with van der Waals surface area (Å²) >= 11 is 0. The van der Waals surface area contributed by atoms with Gasteiger partial charge in [-0.25, -0.2) is 0 Å². The van der Waals surface area contributed by atoms with Gasteiger partial charge in [-0.2, -0.15) is 0 Å². The Morgan fingerprint density at radius 2 is 1.14 bits per heavy atom. The number of nitrogens with zero attached hydrogens (tertiary/aromatic N) is 2. The molecule has 0 radical (unpaired) electrons. The summed E-state index contributed by atoms with van der Waals surface area (Å²) in [7, 11) is 0. The molecule has 0 saturated carbocycles. The van der Waals surface area contributed by atoms with Gasteiger partial charge in [0.25, 0.3) is 0 Å². The third kappa shape index (κ3) is 4.55. The maximum atomic E-state index is 12.4. The molecule has 6 rings (SSSR count). The Kier molecular flexibility index (Phi) is 7.14. The lowest BCUT2D eigenvalue weighted by Gasteiger charge is -2.33. The van der Waals surface area contributed by atoms with Crippen LogP contribution in [0.25, 0.3) is 0 Å². The maximum absolute atomic E-state index is 12.4. The van der Waals surface area contributed by atoms with Gasteiger partial charge in [-0.15, -0.1) is 0 Å². The SMILES string of the molecule is O=C(O)C1C(C(=O)N2CCNCC2)[C@@H]2C=C[C@H]1O2.O=C([O-])C1C(C(=O)N2CCCCC2)[C@@H]2C=C[C@H]1O2. The minimum absolute atomic E-state index is 0.0826. The second-order valence-electron chi connectivity index (χ2n) is 10.1. The van der Waals surface area contributed by atoms with Crippen LogP contribution >= 0.6 is 0 Å². The minimum Gasteiger partial charge on any atom is -0.550 e. The number of carbonyl (C=O) groups is 4. The topological polar surface area (TPSA) is 149 Å². The first-order valence-corrected chi connectivity index (χ1v) is 12.8. The van der Waals surface area contributed by atoms with Crippen LogP contribution in [0.3, 0.4) is 0 Å². The van der Waals surface area contributed by atoms with Crippen LogP contribution in [0.15, 0.2) is 24.3 Å².